The molecule has 0 radical (unpaired) electrons. The van der Waals surface area contributed by atoms with E-state index in [0.717, 1.165) is 4.57 Å². The average Bonchev–Trinajstić information content (AvgIpc) is 2.40. The number of hydrogen-bond donors (Lipinski definition) is 1. The van der Waals surface area contributed by atoms with E-state index in [2.05, 4.69) is 5.32 Å². The first-order valence-corrected chi connectivity index (χ1v) is 5.74. The predicted octanol–water partition coefficient (Wildman–Crippen LogP) is 0.835. The third-order valence-corrected chi connectivity index (χ3v) is 2.86. The number of aromatic nitrogens is 2. The van der Waals surface area contributed by atoms with Gasteiger partial charge in [0.25, 0.3) is 5.56 Å². The summed E-state index contributed by atoms with van der Waals surface area (Å²) in [5.41, 5.74) is -0.0576. The summed E-state index contributed by atoms with van der Waals surface area (Å²) >= 11 is 0. The molecule has 1 heterocycles. The van der Waals surface area contributed by atoms with Gasteiger partial charge in [0.15, 0.2) is 0 Å². The van der Waals surface area contributed by atoms with Crippen LogP contribution in [0, 0.1) is 5.82 Å². The third-order valence-electron chi connectivity index (χ3n) is 2.86. The van der Waals surface area contributed by atoms with E-state index in [1.165, 1.54) is 23.9 Å². The van der Waals surface area contributed by atoms with E-state index in [9.17, 15) is 14.0 Å². The summed E-state index contributed by atoms with van der Waals surface area (Å²) in [5, 5.41) is 2.84. The topological polar surface area (TPSA) is 56.0 Å². The minimum absolute atomic E-state index is 0.154. The van der Waals surface area contributed by atoms with Crippen LogP contribution in [0.2, 0.25) is 0 Å². The zero-order valence-corrected chi connectivity index (χ0v) is 10.7. The number of para-hydroxylation sites is 1. The Hall–Kier alpha value is -2.37. The smallest absolute Gasteiger partial charge is 0.330 e. The lowest BCUT2D eigenvalue weighted by atomic mass is 10.2. The SMILES string of the molecule is Cn1cc(CNc2ccccc2F)c(=O)n(C)c1=O. The fourth-order valence-corrected chi connectivity index (χ4v) is 1.80. The second kappa shape index (κ2) is 5.09. The first kappa shape index (κ1) is 13.1. The molecule has 1 aromatic heterocycles. The number of nitrogens with zero attached hydrogens (tertiary/aromatic N) is 2. The number of halogens is 1. The summed E-state index contributed by atoms with van der Waals surface area (Å²) in [6, 6.07) is 6.21. The number of anilines is 1. The van der Waals surface area contributed by atoms with Gasteiger partial charge >= 0.3 is 5.69 Å². The molecule has 100 valence electrons. The van der Waals surface area contributed by atoms with Gasteiger partial charge in [-0.15, -0.1) is 0 Å². The fourth-order valence-electron chi connectivity index (χ4n) is 1.80. The number of aryl methyl sites for hydroxylation is 1. The molecule has 0 amide bonds. The van der Waals surface area contributed by atoms with Gasteiger partial charge in [0.2, 0.25) is 0 Å². The molecule has 2 rings (SSSR count). The van der Waals surface area contributed by atoms with Crippen molar-refractivity contribution in [2.75, 3.05) is 5.32 Å². The van der Waals surface area contributed by atoms with Crippen molar-refractivity contribution in [3.8, 4) is 0 Å². The van der Waals surface area contributed by atoms with Gasteiger partial charge in [0.05, 0.1) is 11.3 Å². The Bertz CT molecular complexity index is 719. The van der Waals surface area contributed by atoms with Crippen molar-refractivity contribution < 1.29 is 4.39 Å². The van der Waals surface area contributed by atoms with Crippen LogP contribution in [-0.4, -0.2) is 9.13 Å². The Balaban J connectivity index is 2.29. The van der Waals surface area contributed by atoms with Crippen LogP contribution in [0.5, 0.6) is 0 Å². The molecule has 6 heteroatoms. The maximum atomic E-state index is 13.4. The molecule has 0 atom stereocenters. The molecule has 0 fully saturated rings. The van der Waals surface area contributed by atoms with E-state index in [4.69, 9.17) is 0 Å². The van der Waals surface area contributed by atoms with Crippen LogP contribution in [0.1, 0.15) is 5.56 Å². The van der Waals surface area contributed by atoms with Gasteiger partial charge in [-0.05, 0) is 12.1 Å². The van der Waals surface area contributed by atoms with E-state index in [-0.39, 0.29) is 23.6 Å². The van der Waals surface area contributed by atoms with Gasteiger partial charge in [0, 0.05) is 26.8 Å². The number of rotatable bonds is 3. The first-order chi connectivity index (χ1) is 9.00. The molecule has 5 nitrogen and oxygen atoms in total. The van der Waals surface area contributed by atoms with Crippen molar-refractivity contribution in [1.29, 1.82) is 0 Å². The Morgan fingerprint density at radius 2 is 1.89 bits per heavy atom. The van der Waals surface area contributed by atoms with Crippen LogP contribution in [0.3, 0.4) is 0 Å². The van der Waals surface area contributed by atoms with E-state index < -0.39 is 0 Å². The minimum atomic E-state index is -0.389. The fraction of sp³-hybridized carbons (Fsp3) is 0.231. The van der Waals surface area contributed by atoms with Gasteiger partial charge in [-0.1, -0.05) is 12.1 Å². The van der Waals surface area contributed by atoms with Gasteiger partial charge in [-0.3, -0.25) is 9.36 Å². The van der Waals surface area contributed by atoms with Gasteiger partial charge in [-0.25, -0.2) is 9.18 Å². The van der Waals surface area contributed by atoms with Crippen LogP contribution in [-0.2, 0) is 20.6 Å². The summed E-state index contributed by atoms with van der Waals surface area (Å²) in [4.78, 5) is 23.4. The van der Waals surface area contributed by atoms with Crippen molar-refractivity contribution in [3.05, 3.63) is 62.7 Å². The highest BCUT2D eigenvalue weighted by molar-refractivity contribution is 5.44. The summed E-state index contributed by atoms with van der Waals surface area (Å²) in [7, 11) is 2.98. The Morgan fingerprint density at radius 3 is 2.58 bits per heavy atom. The van der Waals surface area contributed by atoms with Gasteiger partial charge in [0.1, 0.15) is 5.82 Å². The second-order valence-electron chi connectivity index (χ2n) is 4.25. The predicted molar refractivity (Wildman–Crippen MR) is 70.7 cm³/mol. The molecule has 1 aromatic carbocycles. The van der Waals surface area contributed by atoms with Crippen molar-refractivity contribution in [2.45, 2.75) is 6.54 Å². The van der Waals surface area contributed by atoms with Crippen molar-refractivity contribution in [3.63, 3.8) is 0 Å². The van der Waals surface area contributed by atoms with Crippen molar-refractivity contribution >= 4 is 5.69 Å². The van der Waals surface area contributed by atoms with Gasteiger partial charge in [-0.2, -0.15) is 0 Å². The lowest BCUT2D eigenvalue weighted by Gasteiger charge is -2.09. The minimum Gasteiger partial charge on any atom is -0.378 e. The molecular formula is C13H14FN3O2. The zero-order valence-electron chi connectivity index (χ0n) is 10.7. The van der Waals surface area contributed by atoms with E-state index in [1.54, 1.807) is 25.2 Å². The highest BCUT2D eigenvalue weighted by atomic mass is 19.1. The molecule has 0 saturated heterocycles. The molecule has 1 N–H and O–H groups in total. The normalized spacial score (nSPS) is 10.5. The molecule has 0 aliphatic heterocycles. The number of nitrogens with one attached hydrogen (secondary N) is 1. The molecule has 19 heavy (non-hydrogen) atoms. The summed E-state index contributed by atoms with van der Waals surface area (Å²) in [6.07, 6.45) is 1.46. The largest absolute Gasteiger partial charge is 0.378 e. The van der Waals surface area contributed by atoms with Crippen molar-refractivity contribution in [2.24, 2.45) is 14.1 Å². The Morgan fingerprint density at radius 1 is 1.21 bits per heavy atom. The van der Waals surface area contributed by atoms with Crippen molar-refractivity contribution in [1.82, 2.24) is 9.13 Å². The molecule has 0 saturated carbocycles. The average molecular weight is 263 g/mol. The second-order valence-corrected chi connectivity index (χ2v) is 4.25. The number of benzene rings is 1. The Labute approximate surface area is 108 Å². The summed E-state index contributed by atoms with van der Waals surface area (Å²) in [5.74, 6) is -0.385. The quantitative estimate of drug-likeness (QED) is 0.892. The summed E-state index contributed by atoms with van der Waals surface area (Å²) < 4.78 is 15.8. The highest BCUT2D eigenvalue weighted by Crippen LogP contribution is 2.12. The van der Waals surface area contributed by atoms with Crippen LogP contribution < -0.4 is 16.6 Å². The maximum absolute atomic E-state index is 13.4. The van der Waals surface area contributed by atoms with Gasteiger partial charge < -0.3 is 9.88 Å². The molecular weight excluding hydrogens is 249 g/mol. The zero-order chi connectivity index (χ0) is 14.0. The first-order valence-electron chi connectivity index (χ1n) is 5.74. The van der Waals surface area contributed by atoms with E-state index in [1.807, 2.05) is 0 Å². The standard InChI is InChI=1S/C13H14FN3O2/c1-16-8-9(12(18)17(2)13(16)19)7-15-11-6-4-3-5-10(11)14/h3-6,8,15H,7H2,1-2H3. The third kappa shape index (κ3) is 2.57. The molecule has 0 unspecified atom stereocenters. The summed E-state index contributed by atoms with van der Waals surface area (Å²) in [6.45, 7) is 0.154. The lowest BCUT2D eigenvalue weighted by molar-refractivity contribution is 0.629. The lowest BCUT2D eigenvalue weighted by Crippen LogP contribution is -2.38. The van der Waals surface area contributed by atoms with Crippen LogP contribution in [0.25, 0.3) is 0 Å². The molecule has 0 bridgehead atoms. The molecule has 0 spiro atoms. The molecule has 0 aliphatic rings. The van der Waals surface area contributed by atoms with Crippen LogP contribution in [0.4, 0.5) is 10.1 Å². The van der Waals surface area contributed by atoms with E-state index >= 15 is 0 Å². The molecule has 0 aliphatic carbocycles. The van der Waals surface area contributed by atoms with E-state index in [0.29, 0.717) is 11.3 Å². The van der Waals surface area contributed by atoms with Crippen LogP contribution in [0.15, 0.2) is 40.1 Å². The maximum Gasteiger partial charge on any atom is 0.330 e. The van der Waals surface area contributed by atoms with Crippen LogP contribution >= 0.6 is 0 Å². The monoisotopic (exact) mass is 263 g/mol. The molecule has 2 aromatic rings. The Kier molecular flexibility index (Phi) is 3.50. The number of hydrogen-bond acceptors (Lipinski definition) is 3. The highest BCUT2D eigenvalue weighted by Gasteiger charge is 2.07.